The molecule has 0 radical (unpaired) electrons. The molecule has 0 aromatic rings. The second-order valence-corrected chi connectivity index (χ2v) is 7.64. The van der Waals surface area contributed by atoms with E-state index in [1.54, 1.807) is 0 Å². The first-order valence-electron chi connectivity index (χ1n) is 9.48. The van der Waals surface area contributed by atoms with Crippen molar-refractivity contribution in [2.75, 3.05) is 19.6 Å². The molecule has 1 heterocycles. The van der Waals surface area contributed by atoms with Gasteiger partial charge in [0.05, 0.1) is 6.10 Å². The third-order valence-corrected chi connectivity index (χ3v) is 6.11. The maximum atomic E-state index is 10.2. The third kappa shape index (κ3) is 4.43. The second kappa shape index (κ2) is 7.94. The fraction of sp³-hybridized carbons (Fsp3) is 1.00. The van der Waals surface area contributed by atoms with Gasteiger partial charge in [0.25, 0.3) is 0 Å². The predicted molar refractivity (Wildman–Crippen MR) is 87.4 cm³/mol. The summed E-state index contributed by atoms with van der Waals surface area (Å²) in [7, 11) is 0. The Balaban J connectivity index is 1.36. The Labute approximate surface area is 130 Å². The first-order valence-corrected chi connectivity index (χ1v) is 9.48. The standard InChI is InChI=1S/C18H34N2O/c21-18-9-5-4-8-17(18)20-12-10-16(11-13-20)19-14-15-6-2-1-3-7-15/h15-19,21H,1-14H2. The van der Waals surface area contributed by atoms with E-state index in [1.807, 2.05) is 0 Å². The van der Waals surface area contributed by atoms with E-state index in [4.69, 9.17) is 0 Å². The quantitative estimate of drug-likeness (QED) is 0.837. The van der Waals surface area contributed by atoms with Crippen LogP contribution in [0.5, 0.6) is 0 Å². The highest BCUT2D eigenvalue weighted by atomic mass is 16.3. The molecule has 0 spiro atoms. The SMILES string of the molecule is OC1CCCCC1N1CCC(NCC2CCCCC2)CC1. The fourth-order valence-corrected chi connectivity index (χ4v) is 4.68. The Bertz CT molecular complexity index is 296. The van der Waals surface area contributed by atoms with Gasteiger partial charge >= 0.3 is 0 Å². The number of nitrogens with zero attached hydrogens (tertiary/aromatic N) is 1. The molecule has 0 aromatic heterocycles. The van der Waals surface area contributed by atoms with E-state index in [0.717, 1.165) is 18.4 Å². The largest absolute Gasteiger partial charge is 0.391 e. The molecule has 2 N–H and O–H groups in total. The predicted octanol–water partition coefficient (Wildman–Crippen LogP) is 2.92. The minimum atomic E-state index is -0.0644. The van der Waals surface area contributed by atoms with Crippen LogP contribution in [0.4, 0.5) is 0 Å². The van der Waals surface area contributed by atoms with Crippen molar-refractivity contribution in [3.05, 3.63) is 0 Å². The van der Waals surface area contributed by atoms with Gasteiger partial charge in [0, 0.05) is 25.2 Å². The third-order valence-electron chi connectivity index (χ3n) is 6.11. The lowest BCUT2D eigenvalue weighted by Crippen LogP contribution is -2.51. The van der Waals surface area contributed by atoms with Crippen molar-refractivity contribution >= 4 is 0 Å². The van der Waals surface area contributed by atoms with Crippen LogP contribution in [-0.2, 0) is 0 Å². The van der Waals surface area contributed by atoms with Crippen LogP contribution >= 0.6 is 0 Å². The van der Waals surface area contributed by atoms with Gasteiger partial charge in [-0.05, 0) is 51.0 Å². The maximum absolute atomic E-state index is 10.2. The number of piperidine rings is 1. The maximum Gasteiger partial charge on any atom is 0.0695 e. The normalized spacial score (nSPS) is 34.1. The average molecular weight is 294 g/mol. The zero-order chi connectivity index (χ0) is 14.5. The summed E-state index contributed by atoms with van der Waals surface area (Å²) in [6, 6.07) is 1.18. The summed E-state index contributed by atoms with van der Waals surface area (Å²) in [6.45, 7) is 3.62. The van der Waals surface area contributed by atoms with Gasteiger partial charge in [-0.3, -0.25) is 4.90 Å². The molecular formula is C18H34N2O. The molecule has 3 nitrogen and oxygen atoms in total. The van der Waals surface area contributed by atoms with E-state index in [1.165, 1.54) is 83.8 Å². The van der Waals surface area contributed by atoms with Crippen molar-refractivity contribution in [3.63, 3.8) is 0 Å². The Morgan fingerprint density at radius 3 is 2.19 bits per heavy atom. The summed E-state index contributed by atoms with van der Waals surface area (Å²) < 4.78 is 0. The van der Waals surface area contributed by atoms with Crippen LogP contribution in [0.15, 0.2) is 0 Å². The molecule has 3 rings (SSSR count). The molecule has 1 aliphatic heterocycles. The molecule has 1 saturated heterocycles. The number of rotatable bonds is 4. The van der Waals surface area contributed by atoms with E-state index in [2.05, 4.69) is 10.2 Å². The number of aliphatic hydroxyl groups is 1. The first kappa shape index (κ1) is 15.8. The second-order valence-electron chi connectivity index (χ2n) is 7.64. The van der Waals surface area contributed by atoms with Crippen LogP contribution in [0.1, 0.15) is 70.6 Å². The van der Waals surface area contributed by atoms with E-state index in [-0.39, 0.29) is 6.10 Å². The summed E-state index contributed by atoms with van der Waals surface area (Å²) in [6.07, 6.45) is 14.5. The number of nitrogens with one attached hydrogen (secondary N) is 1. The number of hydrogen-bond acceptors (Lipinski definition) is 3. The van der Waals surface area contributed by atoms with Crippen molar-refractivity contribution in [1.82, 2.24) is 10.2 Å². The van der Waals surface area contributed by atoms with Crippen molar-refractivity contribution in [1.29, 1.82) is 0 Å². The topological polar surface area (TPSA) is 35.5 Å². The molecule has 3 aliphatic rings. The van der Waals surface area contributed by atoms with Gasteiger partial charge in [-0.1, -0.05) is 32.1 Å². The van der Waals surface area contributed by atoms with Crippen LogP contribution < -0.4 is 5.32 Å². The molecule has 2 atom stereocenters. The molecule has 0 aromatic carbocycles. The lowest BCUT2D eigenvalue weighted by atomic mass is 9.88. The van der Waals surface area contributed by atoms with Crippen LogP contribution in [0.25, 0.3) is 0 Å². The summed E-state index contributed by atoms with van der Waals surface area (Å²) in [5.41, 5.74) is 0. The van der Waals surface area contributed by atoms with Crippen LogP contribution in [0.3, 0.4) is 0 Å². The lowest BCUT2D eigenvalue weighted by Gasteiger charge is -2.42. The van der Waals surface area contributed by atoms with E-state index >= 15 is 0 Å². The summed E-state index contributed by atoms with van der Waals surface area (Å²) >= 11 is 0. The molecular weight excluding hydrogens is 260 g/mol. The minimum absolute atomic E-state index is 0.0644. The highest BCUT2D eigenvalue weighted by Crippen LogP contribution is 2.26. The van der Waals surface area contributed by atoms with Crippen LogP contribution in [-0.4, -0.2) is 47.8 Å². The monoisotopic (exact) mass is 294 g/mol. The minimum Gasteiger partial charge on any atom is -0.391 e. The Morgan fingerprint density at radius 1 is 0.810 bits per heavy atom. The summed E-state index contributed by atoms with van der Waals surface area (Å²) in [5.74, 6) is 0.942. The summed E-state index contributed by atoms with van der Waals surface area (Å²) in [4.78, 5) is 2.57. The Kier molecular flexibility index (Phi) is 5.96. The highest BCUT2D eigenvalue weighted by molar-refractivity contribution is 4.87. The zero-order valence-electron chi connectivity index (χ0n) is 13.6. The number of aliphatic hydroxyl groups excluding tert-OH is 1. The number of likely N-dealkylation sites (tertiary alicyclic amines) is 1. The smallest absolute Gasteiger partial charge is 0.0695 e. The van der Waals surface area contributed by atoms with Gasteiger partial charge in [-0.15, -0.1) is 0 Å². The zero-order valence-corrected chi connectivity index (χ0v) is 13.6. The summed E-state index contributed by atoms with van der Waals surface area (Å²) in [5, 5.41) is 14.0. The van der Waals surface area contributed by atoms with Crippen LogP contribution in [0.2, 0.25) is 0 Å². The molecule has 0 bridgehead atoms. The van der Waals surface area contributed by atoms with E-state index in [9.17, 15) is 5.11 Å². The van der Waals surface area contributed by atoms with Gasteiger partial charge in [0.2, 0.25) is 0 Å². The average Bonchev–Trinajstić information content (AvgIpc) is 2.55. The fourth-order valence-electron chi connectivity index (χ4n) is 4.68. The van der Waals surface area contributed by atoms with Crippen molar-refractivity contribution in [3.8, 4) is 0 Å². The molecule has 21 heavy (non-hydrogen) atoms. The van der Waals surface area contributed by atoms with E-state index in [0.29, 0.717) is 6.04 Å². The van der Waals surface area contributed by atoms with Gasteiger partial charge in [-0.2, -0.15) is 0 Å². The van der Waals surface area contributed by atoms with Gasteiger partial charge < -0.3 is 10.4 Å². The van der Waals surface area contributed by atoms with Gasteiger partial charge in [-0.25, -0.2) is 0 Å². The molecule has 0 amide bonds. The van der Waals surface area contributed by atoms with Crippen molar-refractivity contribution < 1.29 is 5.11 Å². The molecule has 3 heteroatoms. The molecule has 122 valence electrons. The van der Waals surface area contributed by atoms with Gasteiger partial charge in [0.1, 0.15) is 0 Å². The van der Waals surface area contributed by atoms with Crippen molar-refractivity contribution in [2.45, 2.75) is 88.8 Å². The number of hydrogen-bond donors (Lipinski definition) is 2. The molecule has 2 aliphatic carbocycles. The van der Waals surface area contributed by atoms with E-state index < -0.39 is 0 Å². The van der Waals surface area contributed by atoms with Gasteiger partial charge in [0.15, 0.2) is 0 Å². The first-order chi connectivity index (χ1) is 10.3. The molecule has 3 fully saturated rings. The van der Waals surface area contributed by atoms with Crippen LogP contribution in [0, 0.1) is 5.92 Å². The lowest BCUT2D eigenvalue weighted by molar-refractivity contribution is 0.00697. The Hall–Kier alpha value is -0.120. The molecule has 2 saturated carbocycles. The molecule has 2 unspecified atom stereocenters. The highest BCUT2D eigenvalue weighted by Gasteiger charge is 2.31. The Morgan fingerprint density at radius 2 is 1.48 bits per heavy atom. The van der Waals surface area contributed by atoms with Crippen molar-refractivity contribution in [2.24, 2.45) is 5.92 Å².